The second kappa shape index (κ2) is 7.10. The van der Waals surface area contributed by atoms with Crippen LogP contribution >= 0.6 is 0 Å². The van der Waals surface area contributed by atoms with Crippen LogP contribution in [0.2, 0.25) is 0 Å². The summed E-state index contributed by atoms with van der Waals surface area (Å²) in [5, 5.41) is 15.5. The van der Waals surface area contributed by atoms with Gasteiger partial charge >= 0.3 is 6.03 Å². The van der Waals surface area contributed by atoms with Gasteiger partial charge in [0.1, 0.15) is 0 Å². The van der Waals surface area contributed by atoms with Crippen molar-refractivity contribution >= 4 is 6.03 Å². The van der Waals surface area contributed by atoms with E-state index in [1.807, 2.05) is 0 Å². The van der Waals surface area contributed by atoms with E-state index < -0.39 is 0 Å². The van der Waals surface area contributed by atoms with Gasteiger partial charge in [-0.05, 0) is 38.5 Å². The Morgan fingerprint density at radius 2 is 1.74 bits per heavy atom. The van der Waals surface area contributed by atoms with Gasteiger partial charge in [-0.15, -0.1) is 0 Å². The third-order valence-corrected chi connectivity index (χ3v) is 4.35. The summed E-state index contributed by atoms with van der Waals surface area (Å²) in [6.45, 7) is 0. The number of hydrogen-bond acceptors (Lipinski definition) is 3. The molecule has 0 bridgehead atoms. The Bertz CT molecular complexity index is 290. The molecule has 3 N–H and O–H groups in total. The molecule has 2 unspecified atom stereocenters. The minimum atomic E-state index is -0.183. The summed E-state index contributed by atoms with van der Waals surface area (Å²) in [5.74, 6) is 0. The third kappa shape index (κ3) is 4.35. The number of amides is 2. The monoisotopic (exact) mass is 270 g/mol. The lowest BCUT2D eigenvalue weighted by molar-refractivity contribution is 0.0448. The average Bonchev–Trinajstić information content (AvgIpc) is 2.42. The maximum Gasteiger partial charge on any atom is 0.315 e. The van der Waals surface area contributed by atoms with Crippen LogP contribution in [0.1, 0.15) is 51.4 Å². The highest BCUT2D eigenvalue weighted by Gasteiger charge is 2.27. The fraction of sp³-hybridized carbons (Fsp3) is 0.929. The van der Waals surface area contributed by atoms with Crippen molar-refractivity contribution < 1.29 is 14.6 Å². The molecule has 0 radical (unpaired) electrons. The zero-order valence-electron chi connectivity index (χ0n) is 11.7. The number of aliphatic hydroxyl groups is 1. The maximum atomic E-state index is 12.0. The Balaban J connectivity index is 1.74. The Hall–Kier alpha value is -0.810. The summed E-state index contributed by atoms with van der Waals surface area (Å²) in [6, 6.07) is 0.247. The minimum absolute atomic E-state index is 0.0876. The average molecular weight is 270 g/mol. The molecule has 5 nitrogen and oxygen atoms in total. The second-order valence-electron chi connectivity index (χ2n) is 5.79. The molecule has 0 spiro atoms. The quantitative estimate of drug-likeness (QED) is 0.728. The minimum Gasteiger partial charge on any atom is -0.393 e. The molecule has 0 saturated heterocycles. The molecule has 2 fully saturated rings. The van der Waals surface area contributed by atoms with Crippen LogP contribution in [-0.4, -0.2) is 42.5 Å². The van der Waals surface area contributed by atoms with E-state index in [0.29, 0.717) is 0 Å². The van der Waals surface area contributed by atoms with Gasteiger partial charge in [0.05, 0.1) is 18.2 Å². The summed E-state index contributed by atoms with van der Waals surface area (Å²) in [7, 11) is 1.71. The number of hydrogen-bond donors (Lipinski definition) is 3. The van der Waals surface area contributed by atoms with Crippen molar-refractivity contribution in [2.24, 2.45) is 0 Å². The van der Waals surface area contributed by atoms with Crippen molar-refractivity contribution in [2.75, 3.05) is 7.11 Å². The van der Waals surface area contributed by atoms with Crippen LogP contribution in [-0.2, 0) is 4.74 Å². The Labute approximate surface area is 115 Å². The lowest BCUT2D eigenvalue weighted by Crippen LogP contribution is -2.52. The SMILES string of the molecule is COC1CCCCC1NC(=O)NC1CCC(O)CC1. The van der Waals surface area contributed by atoms with Gasteiger partial charge in [-0.1, -0.05) is 12.8 Å². The molecule has 2 amide bonds. The number of methoxy groups -OCH3 is 1. The summed E-state index contributed by atoms with van der Waals surface area (Å²) >= 11 is 0. The van der Waals surface area contributed by atoms with Crippen molar-refractivity contribution in [1.29, 1.82) is 0 Å². The largest absolute Gasteiger partial charge is 0.393 e. The third-order valence-electron chi connectivity index (χ3n) is 4.35. The fourth-order valence-electron chi connectivity index (χ4n) is 3.16. The van der Waals surface area contributed by atoms with Crippen LogP contribution < -0.4 is 10.6 Å². The van der Waals surface area contributed by atoms with E-state index in [0.717, 1.165) is 44.9 Å². The van der Waals surface area contributed by atoms with Crippen LogP contribution in [0.3, 0.4) is 0 Å². The molecule has 0 aromatic heterocycles. The van der Waals surface area contributed by atoms with Crippen molar-refractivity contribution in [3.8, 4) is 0 Å². The first-order chi connectivity index (χ1) is 9.19. The summed E-state index contributed by atoms with van der Waals surface area (Å²) < 4.78 is 5.43. The van der Waals surface area contributed by atoms with Crippen molar-refractivity contribution in [3.05, 3.63) is 0 Å². The summed E-state index contributed by atoms with van der Waals surface area (Å²) in [6.07, 6.45) is 7.63. The molecule has 2 rings (SSSR count). The number of rotatable bonds is 3. The Morgan fingerprint density at radius 3 is 2.42 bits per heavy atom. The molecular weight excluding hydrogens is 244 g/mol. The summed E-state index contributed by atoms with van der Waals surface area (Å²) in [4.78, 5) is 12.0. The van der Waals surface area contributed by atoms with Gasteiger partial charge in [0.2, 0.25) is 0 Å². The molecule has 19 heavy (non-hydrogen) atoms. The highest BCUT2D eigenvalue weighted by molar-refractivity contribution is 5.74. The highest BCUT2D eigenvalue weighted by atomic mass is 16.5. The van der Waals surface area contributed by atoms with Gasteiger partial charge in [0, 0.05) is 13.2 Å². The van der Waals surface area contributed by atoms with E-state index in [1.54, 1.807) is 7.11 Å². The number of ether oxygens (including phenoxy) is 1. The Kier molecular flexibility index (Phi) is 5.45. The van der Waals surface area contributed by atoms with E-state index in [9.17, 15) is 9.90 Å². The Morgan fingerprint density at radius 1 is 1.05 bits per heavy atom. The van der Waals surface area contributed by atoms with Crippen molar-refractivity contribution in [3.63, 3.8) is 0 Å². The number of carbonyl (C=O) groups excluding carboxylic acids is 1. The first-order valence-corrected chi connectivity index (χ1v) is 7.47. The van der Waals surface area contributed by atoms with Gasteiger partial charge < -0.3 is 20.5 Å². The van der Waals surface area contributed by atoms with Gasteiger partial charge in [-0.3, -0.25) is 0 Å². The van der Waals surface area contributed by atoms with Crippen LogP contribution in [0.15, 0.2) is 0 Å². The topological polar surface area (TPSA) is 70.6 Å². The molecule has 110 valence electrons. The fourth-order valence-corrected chi connectivity index (χ4v) is 3.16. The molecule has 0 aromatic carbocycles. The molecule has 2 aliphatic rings. The standard InChI is InChI=1S/C14H26N2O3/c1-19-13-5-3-2-4-12(13)16-14(18)15-10-6-8-11(17)9-7-10/h10-13,17H,2-9H2,1H3,(H2,15,16,18). The van der Waals surface area contributed by atoms with Gasteiger partial charge in [-0.25, -0.2) is 4.79 Å². The van der Waals surface area contributed by atoms with Crippen LogP contribution in [0, 0.1) is 0 Å². The van der Waals surface area contributed by atoms with E-state index in [4.69, 9.17) is 4.74 Å². The number of nitrogens with one attached hydrogen (secondary N) is 2. The van der Waals surface area contributed by atoms with E-state index in [-0.39, 0.29) is 30.3 Å². The number of urea groups is 1. The van der Waals surface area contributed by atoms with Gasteiger partial charge in [-0.2, -0.15) is 0 Å². The van der Waals surface area contributed by atoms with Gasteiger partial charge in [0.15, 0.2) is 0 Å². The second-order valence-corrected chi connectivity index (χ2v) is 5.79. The number of carbonyl (C=O) groups is 1. The van der Waals surface area contributed by atoms with Crippen LogP contribution in [0.4, 0.5) is 4.79 Å². The lowest BCUT2D eigenvalue weighted by Gasteiger charge is -2.32. The zero-order valence-corrected chi connectivity index (χ0v) is 11.7. The molecule has 5 heteroatoms. The van der Waals surface area contributed by atoms with Crippen LogP contribution in [0.5, 0.6) is 0 Å². The molecule has 0 heterocycles. The lowest BCUT2D eigenvalue weighted by atomic mass is 9.92. The van der Waals surface area contributed by atoms with E-state index >= 15 is 0 Å². The zero-order chi connectivity index (χ0) is 13.7. The molecule has 2 saturated carbocycles. The van der Waals surface area contributed by atoms with Crippen molar-refractivity contribution in [2.45, 2.75) is 75.7 Å². The predicted molar refractivity (Wildman–Crippen MR) is 73.0 cm³/mol. The molecular formula is C14H26N2O3. The number of aliphatic hydroxyl groups excluding tert-OH is 1. The van der Waals surface area contributed by atoms with E-state index in [1.165, 1.54) is 6.42 Å². The van der Waals surface area contributed by atoms with Gasteiger partial charge in [0.25, 0.3) is 0 Å². The molecule has 2 aliphatic carbocycles. The smallest absolute Gasteiger partial charge is 0.315 e. The normalized spacial score (nSPS) is 35.7. The maximum absolute atomic E-state index is 12.0. The van der Waals surface area contributed by atoms with Crippen molar-refractivity contribution in [1.82, 2.24) is 10.6 Å². The van der Waals surface area contributed by atoms with E-state index in [2.05, 4.69) is 10.6 Å². The molecule has 2 atom stereocenters. The predicted octanol–water partition coefficient (Wildman–Crippen LogP) is 1.55. The highest BCUT2D eigenvalue weighted by Crippen LogP contribution is 2.21. The summed E-state index contributed by atoms with van der Waals surface area (Å²) in [5.41, 5.74) is 0. The van der Waals surface area contributed by atoms with Crippen LogP contribution in [0.25, 0.3) is 0 Å². The molecule has 0 aliphatic heterocycles. The molecule has 0 aromatic rings. The first kappa shape index (κ1) is 14.6. The first-order valence-electron chi connectivity index (χ1n) is 7.47.